The average molecular weight is 380 g/mol. The molecule has 0 aromatic heterocycles. The summed E-state index contributed by atoms with van der Waals surface area (Å²) in [7, 11) is -3.86. The molecule has 0 aliphatic heterocycles. The highest BCUT2D eigenvalue weighted by atomic mass is 35.5. The van der Waals surface area contributed by atoms with Crippen LogP contribution in [-0.2, 0) is 14.6 Å². The number of aryl methyl sites for hydroxylation is 1. The van der Waals surface area contributed by atoms with Crippen LogP contribution in [0.25, 0.3) is 0 Å². The molecule has 0 spiro atoms. The van der Waals surface area contributed by atoms with E-state index in [0.717, 1.165) is 5.56 Å². The number of halogens is 1. The highest BCUT2D eigenvalue weighted by Crippen LogP contribution is 2.63. The summed E-state index contributed by atoms with van der Waals surface area (Å²) in [5.74, 6) is -1.94. The molecular formula is C18H18ClNO4S. The SMILES string of the molecule is Cc1ccc(S(=O)(=O)[C@@H]2[C@H](c3cccc(Cl)c3)[C@]2(CN)C(=O)O)cc1. The third-order valence-corrected chi connectivity index (χ3v) is 7.41. The second-order valence-electron chi connectivity index (χ2n) is 6.36. The number of carboxylic acid groups (broad SMARTS) is 1. The molecule has 0 bridgehead atoms. The topological polar surface area (TPSA) is 97.5 Å². The van der Waals surface area contributed by atoms with Gasteiger partial charge in [0.1, 0.15) is 5.41 Å². The van der Waals surface area contributed by atoms with Crippen LogP contribution < -0.4 is 5.73 Å². The summed E-state index contributed by atoms with van der Waals surface area (Å²) in [6, 6.07) is 13.0. The first kappa shape index (κ1) is 17.9. The summed E-state index contributed by atoms with van der Waals surface area (Å²) < 4.78 is 26.2. The van der Waals surface area contributed by atoms with Gasteiger partial charge in [-0.1, -0.05) is 41.4 Å². The minimum atomic E-state index is -3.86. The van der Waals surface area contributed by atoms with Crippen molar-refractivity contribution in [2.24, 2.45) is 11.1 Å². The van der Waals surface area contributed by atoms with Crippen molar-refractivity contribution in [2.75, 3.05) is 6.54 Å². The van der Waals surface area contributed by atoms with Crippen LogP contribution in [-0.4, -0.2) is 31.3 Å². The second kappa shape index (κ2) is 6.12. The van der Waals surface area contributed by atoms with Gasteiger partial charge in [-0.2, -0.15) is 0 Å². The van der Waals surface area contributed by atoms with Crippen LogP contribution in [0.2, 0.25) is 5.02 Å². The van der Waals surface area contributed by atoms with Crippen molar-refractivity contribution < 1.29 is 18.3 Å². The van der Waals surface area contributed by atoms with Gasteiger partial charge in [-0.25, -0.2) is 8.42 Å². The van der Waals surface area contributed by atoms with Gasteiger partial charge >= 0.3 is 5.97 Å². The third-order valence-electron chi connectivity index (χ3n) is 4.88. The maximum absolute atomic E-state index is 13.1. The Balaban J connectivity index is 2.12. The maximum Gasteiger partial charge on any atom is 0.312 e. The molecule has 1 aliphatic carbocycles. The van der Waals surface area contributed by atoms with Crippen LogP contribution in [0.3, 0.4) is 0 Å². The lowest BCUT2D eigenvalue weighted by atomic mass is 9.99. The lowest BCUT2D eigenvalue weighted by Crippen LogP contribution is -2.31. The number of sulfone groups is 1. The van der Waals surface area contributed by atoms with Gasteiger partial charge in [0.05, 0.1) is 10.1 Å². The van der Waals surface area contributed by atoms with Crippen molar-refractivity contribution in [3.05, 3.63) is 64.7 Å². The highest BCUT2D eigenvalue weighted by Gasteiger charge is 2.75. The summed E-state index contributed by atoms with van der Waals surface area (Å²) in [6.45, 7) is 1.58. The van der Waals surface area contributed by atoms with E-state index in [4.69, 9.17) is 17.3 Å². The molecule has 25 heavy (non-hydrogen) atoms. The molecule has 2 aromatic rings. The predicted octanol–water partition coefficient (Wildman–Crippen LogP) is 2.62. The summed E-state index contributed by atoms with van der Waals surface area (Å²) in [5.41, 5.74) is 5.69. The van der Waals surface area contributed by atoms with Crippen LogP contribution in [0, 0.1) is 12.3 Å². The molecular weight excluding hydrogens is 362 g/mol. The zero-order valence-electron chi connectivity index (χ0n) is 13.5. The van der Waals surface area contributed by atoms with E-state index >= 15 is 0 Å². The fourth-order valence-corrected chi connectivity index (χ4v) is 6.08. The molecule has 0 radical (unpaired) electrons. The van der Waals surface area contributed by atoms with Crippen LogP contribution in [0.15, 0.2) is 53.4 Å². The Hall–Kier alpha value is -1.89. The highest BCUT2D eigenvalue weighted by molar-refractivity contribution is 7.92. The van der Waals surface area contributed by atoms with E-state index in [9.17, 15) is 18.3 Å². The van der Waals surface area contributed by atoms with E-state index in [0.29, 0.717) is 10.6 Å². The molecule has 3 atom stereocenters. The van der Waals surface area contributed by atoms with Crippen molar-refractivity contribution >= 4 is 27.4 Å². The van der Waals surface area contributed by atoms with Gasteiger partial charge in [-0.3, -0.25) is 4.79 Å². The Morgan fingerprint density at radius 3 is 2.40 bits per heavy atom. The zero-order chi connectivity index (χ0) is 18.4. The molecule has 3 N–H and O–H groups in total. The Labute approximate surface area is 151 Å². The van der Waals surface area contributed by atoms with Gasteiger partial charge in [-0.15, -0.1) is 0 Å². The van der Waals surface area contributed by atoms with E-state index in [-0.39, 0.29) is 11.4 Å². The summed E-state index contributed by atoms with van der Waals surface area (Å²) in [6.07, 6.45) is 0. The van der Waals surface area contributed by atoms with Crippen LogP contribution in [0.4, 0.5) is 0 Å². The second-order valence-corrected chi connectivity index (χ2v) is 8.87. The third kappa shape index (κ3) is 2.74. The van der Waals surface area contributed by atoms with Crippen molar-refractivity contribution in [3.63, 3.8) is 0 Å². The first-order valence-corrected chi connectivity index (χ1v) is 9.67. The van der Waals surface area contributed by atoms with Crippen LogP contribution in [0.5, 0.6) is 0 Å². The fraction of sp³-hybridized carbons (Fsp3) is 0.278. The molecule has 3 rings (SSSR count). The molecule has 0 amide bonds. The van der Waals surface area contributed by atoms with E-state index in [1.807, 2.05) is 6.92 Å². The predicted molar refractivity (Wildman–Crippen MR) is 95.5 cm³/mol. The normalized spacial score (nSPS) is 25.6. The molecule has 1 saturated carbocycles. The van der Waals surface area contributed by atoms with Gasteiger partial charge in [0, 0.05) is 17.5 Å². The molecule has 7 heteroatoms. The lowest BCUT2D eigenvalue weighted by molar-refractivity contribution is -0.143. The quantitative estimate of drug-likeness (QED) is 0.832. The number of carboxylic acids is 1. The minimum absolute atomic E-state index is 0.103. The Kier molecular flexibility index (Phi) is 4.39. The van der Waals surface area contributed by atoms with E-state index in [2.05, 4.69) is 0 Å². The summed E-state index contributed by atoms with van der Waals surface area (Å²) in [4.78, 5) is 12.1. The summed E-state index contributed by atoms with van der Waals surface area (Å²) >= 11 is 6.00. The Morgan fingerprint density at radius 1 is 1.24 bits per heavy atom. The Morgan fingerprint density at radius 2 is 1.88 bits per heavy atom. The monoisotopic (exact) mass is 379 g/mol. The minimum Gasteiger partial charge on any atom is -0.481 e. The van der Waals surface area contributed by atoms with Crippen molar-refractivity contribution in [1.82, 2.24) is 0 Å². The molecule has 1 aliphatic rings. The van der Waals surface area contributed by atoms with Crippen molar-refractivity contribution in [1.29, 1.82) is 0 Å². The first-order chi connectivity index (χ1) is 11.7. The molecule has 0 heterocycles. The summed E-state index contributed by atoms with van der Waals surface area (Å²) in [5, 5.41) is 9.05. The smallest absolute Gasteiger partial charge is 0.312 e. The van der Waals surface area contributed by atoms with E-state index < -0.39 is 32.4 Å². The standard InChI is InChI=1S/C18H18ClNO4S/c1-11-5-7-14(8-6-11)25(23,24)16-15(18(16,10-20)17(21)22)12-3-2-4-13(19)9-12/h2-9,15-16H,10,20H2,1H3,(H,21,22)/t15-,16+,18-/m0/s1. The van der Waals surface area contributed by atoms with Crippen LogP contribution >= 0.6 is 11.6 Å². The molecule has 1 fully saturated rings. The fourth-order valence-electron chi connectivity index (χ4n) is 3.49. The number of hydrogen-bond donors (Lipinski definition) is 2. The lowest BCUT2D eigenvalue weighted by Gasteiger charge is -2.10. The van der Waals surface area contributed by atoms with Crippen LogP contribution in [0.1, 0.15) is 17.0 Å². The first-order valence-electron chi connectivity index (χ1n) is 7.74. The van der Waals surface area contributed by atoms with Gasteiger partial charge in [0.15, 0.2) is 9.84 Å². The van der Waals surface area contributed by atoms with Crippen molar-refractivity contribution in [2.45, 2.75) is 23.0 Å². The number of hydrogen-bond acceptors (Lipinski definition) is 4. The average Bonchev–Trinajstić information content (AvgIpc) is 3.27. The number of carbonyl (C=O) groups is 1. The van der Waals surface area contributed by atoms with E-state index in [1.165, 1.54) is 12.1 Å². The maximum atomic E-state index is 13.1. The molecule has 2 aromatic carbocycles. The molecule has 5 nitrogen and oxygen atoms in total. The van der Waals surface area contributed by atoms with Gasteiger partial charge < -0.3 is 10.8 Å². The van der Waals surface area contributed by atoms with Gasteiger partial charge in [0.2, 0.25) is 0 Å². The molecule has 132 valence electrons. The molecule has 0 unspecified atom stereocenters. The molecule has 0 saturated heterocycles. The number of benzene rings is 2. The number of rotatable bonds is 5. The van der Waals surface area contributed by atoms with Gasteiger partial charge in [-0.05, 0) is 36.8 Å². The number of nitrogens with two attached hydrogens (primary N) is 1. The van der Waals surface area contributed by atoms with Gasteiger partial charge in [0.25, 0.3) is 0 Å². The largest absolute Gasteiger partial charge is 0.481 e. The number of aliphatic carboxylic acids is 1. The van der Waals surface area contributed by atoms with Crippen molar-refractivity contribution in [3.8, 4) is 0 Å². The van der Waals surface area contributed by atoms with E-state index in [1.54, 1.807) is 36.4 Å². The zero-order valence-corrected chi connectivity index (χ0v) is 15.1. The Bertz CT molecular complexity index is 926.